The fraction of sp³-hybridized carbons (Fsp3) is 0.391. The first kappa shape index (κ1) is 22.3. The first-order chi connectivity index (χ1) is 13.7. The number of anilines is 1. The number of ether oxygens (including phenoxy) is 1. The van der Waals surface area contributed by atoms with Gasteiger partial charge in [0.15, 0.2) is 0 Å². The quantitative estimate of drug-likeness (QED) is 0.743. The van der Waals surface area contributed by atoms with Gasteiger partial charge in [0.1, 0.15) is 11.8 Å². The molecule has 0 saturated heterocycles. The molecule has 0 fully saturated rings. The standard InChI is InChI=1S/C23H31N3O3/c1-16(2)21(24-22(27)18-9-13-20(29-6)14-10-18)23(28)26(5)15-17-7-11-19(12-8-17)25(3)4/h7-14,16,21H,15H2,1-6H3,(H,24,27). The fourth-order valence-electron chi connectivity index (χ4n) is 2.97. The van der Waals surface area contributed by atoms with Gasteiger partial charge in [-0.25, -0.2) is 0 Å². The fourth-order valence-corrected chi connectivity index (χ4v) is 2.97. The normalized spacial score (nSPS) is 11.7. The Labute approximate surface area is 173 Å². The SMILES string of the molecule is COc1ccc(C(=O)NC(C(=O)N(C)Cc2ccc(N(C)C)cc2)C(C)C)cc1. The largest absolute Gasteiger partial charge is 0.497 e. The molecule has 6 heteroatoms. The van der Waals surface area contributed by atoms with E-state index in [1.807, 2.05) is 57.1 Å². The van der Waals surface area contributed by atoms with Gasteiger partial charge in [0.25, 0.3) is 5.91 Å². The number of methoxy groups -OCH3 is 1. The minimum absolute atomic E-state index is 0.0386. The molecule has 0 radical (unpaired) electrons. The summed E-state index contributed by atoms with van der Waals surface area (Å²) in [5.74, 6) is 0.253. The number of benzene rings is 2. The molecule has 0 bridgehead atoms. The summed E-state index contributed by atoms with van der Waals surface area (Å²) in [6.07, 6.45) is 0. The topological polar surface area (TPSA) is 61.9 Å². The second-order valence-electron chi connectivity index (χ2n) is 7.68. The highest BCUT2D eigenvalue weighted by Gasteiger charge is 2.27. The Bertz CT molecular complexity index is 814. The number of likely N-dealkylation sites (N-methyl/N-ethyl adjacent to an activating group) is 1. The maximum absolute atomic E-state index is 13.0. The van der Waals surface area contributed by atoms with Crippen molar-refractivity contribution in [2.45, 2.75) is 26.4 Å². The van der Waals surface area contributed by atoms with Gasteiger partial charge >= 0.3 is 0 Å². The smallest absolute Gasteiger partial charge is 0.251 e. The van der Waals surface area contributed by atoms with Crippen molar-refractivity contribution in [3.63, 3.8) is 0 Å². The van der Waals surface area contributed by atoms with Crippen LogP contribution in [0, 0.1) is 5.92 Å². The number of carbonyl (C=O) groups is 2. The van der Waals surface area contributed by atoms with E-state index in [-0.39, 0.29) is 17.7 Å². The van der Waals surface area contributed by atoms with Crippen LogP contribution in [0.25, 0.3) is 0 Å². The van der Waals surface area contributed by atoms with Gasteiger partial charge < -0.3 is 19.9 Å². The highest BCUT2D eigenvalue weighted by Crippen LogP contribution is 2.16. The van der Waals surface area contributed by atoms with Crippen LogP contribution in [-0.2, 0) is 11.3 Å². The van der Waals surface area contributed by atoms with E-state index in [1.54, 1.807) is 43.3 Å². The number of carbonyl (C=O) groups excluding carboxylic acids is 2. The van der Waals surface area contributed by atoms with E-state index >= 15 is 0 Å². The minimum Gasteiger partial charge on any atom is -0.497 e. The van der Waals surface area contributed by atoms with E-state index in [2.05, 4.69) is 5.32 Å². The number of hydrogen-bond donors (Lipinski definition) is 1. The van der Waals surface area contributed by atoms with E-state index in [4.69, 9.17) is 4.74 Å². The Kier molecular flexibility index (Phi) is 7.65. The Morgan fingerprint density at radius 2 is 1.55 bits per heavy atom. The second-order valence-corrected chi connectivity index (χ2v) is 7.68. The summed E-state index contributed by atoms with van der Waals surface area (Å²) < 4.78 is 5.12. The van der Waals surface area contributed by atoms with Crippen molar-refractivity contribution in [2.75, 3.05) is 33.2 Å². The summed E-state index contributed by atoms with van der Waals surface area (Å²) in [6.45, 7) is 4.33. The molecule has 1 atom stereocenters. The molecule has 2 aromatic rings. The zero-order valence-electron chi connectivity index (χ0n) is 18.1. The monoisotopic (exact) mass is 397 g/mol. The Morgan fingerprint density at radius 1 is 0.966 bits per heavy atom. The van der Waals surface area contributed by atoms with Crippen LogP contribution in [0.15, 0.2) is 48.5 Å². The molecule has 29 heavy (non-hydrogen) atoms. The lowest BCUT2D eigenvalue weighted by atomic mass is 10.0. The van der Waals surface area contributed by atoms with E-state index in [1.165, 1.54) is 0 Å². The molecule has 6 nitrogen and oxygen atoms in total. The van der Waals surface area contributed by atoms with Crippen LogP contribution >= 0.6 is 0 Å². The number of rotatable bonds is 8. The first-order valence-corrected chi connectivity index (χ1v) is 9.69. The molecular formula is C23H31N3O3. The van der Waals surface area contributed by atoms with Gasteiger partial charge in [-0.05, 0) is 47.9 Å². The summed E-state index contributed by atoms with van der Waals surface area (Å²) in [4.78, 5) is 29.3. The predicted octanol–water partition coefficient (Wildman–Crippen LogP) is 3.17. The zero-order chi connectivity index (χ0) is 21.6. The average Bonchev–Trinajstić information content (AvgIpc) is 2.71. The molecule has 2 amide bonds. The van der Waals surface area contributed by atoms with E-state index in [0.29, 0.717) is 17.9 Å². The molecule has 0 aromatic heterocycles. The molecule has 1 unspecified atom stereocenters. The van der Waals surface area contributed by atoms with Crippen LogP contribution in [0.5, 0.6) is 5.75 Å². The highest BCUT2D eigenvalue weighted by atomic mass is 16.5. The first-order valence-electron chi connectivity index (χ1n) is 9.69. The van der Waals surface area contributed by atoms with Crippen molar-refractivity contribution >= 4 is 17.5 Å². The van der Waals surface area contributed by atoms with Crippen molar-refractivity contribution < 1.29 is 14.3 Å². The molecule has 0 aliphatic rings. The third-order valence-electron chi connectivity index (χ3n) is 4.82. The summed E-state index contributed by atoms with van der Waals surface area (Å²) in [5.41, 5.74) is 2.64. The Balaban J connectivity index is 2.05. The molecule has 1 N–H and O–H groups in total. The maximum Gasteiger partial charge on any atom is 0.251 e. The number of nitrogens with zero attached hydrogens (tertiary/aromatic N) is 2. The number of nitrogens with one attached hydrogen (secondary N) is 1. The lowest BCUT2D eigenvalue weighted by Gasteiger charge is -2.27. The maximum atomic E-state index is 13.0. The third-order valence-corrected chi connectivity index (χ3v) is 4.82. The second kappa shape index (κ2) is 9.96. The van der Waals surface area contributed by atoms with Gasteiger partial charge in [-0.2, -0.15) is 0 Å². The molecule has 0 aliphatic carbocycles. The molecule has 156 valence electrons. The summed E-state index contributed by atoms with van der Waals surface area (Å²) in [5, 5.41) is 2.88. The Hall–Kier alpha value is -3.02. The van der Waals surface area contributed by atoms with Gasteiger partial charge in [-0.15, -0.1) is 0 Å². The number of hydrogen-bond acceptors (Lipinski definition) is 4. The van der Waals surface area contributed by atoms with Crippen LogP contribution in [0.1, 0.15) is 29.8 Å². The van der Waals surface area contributed by atoms with E-state index in [9.17, 15) is 9.59 Å². The van der Waals surface area contributed by atoms with Crippen LogP contribution in [0.4, 0.5) is 5.69 Å². The number of amides is 2. The molecule has 0 spiro atoms. The van der Waals surface area contributed by atoms with Gasteiger partial charge in [0, 0.05) is 38.9 Å². The van der Waals surface area contributed by atoms with Crippen molar-refractivity contribution in [2.24, 2.45) is 5.92 Å². The van der Waals surface area contributed by atoms with Crippen molar-refractivity contribution in [1.29, 1.82) is 0 Å². The van der Waals surface area contributed by atoms with Crippen LogP contribution in [0.3, 0.4) is 0 Å². The van der Waals surface area contributed by atoms with Gasteiger partial charge in [-0.1, -0.05) is 26.0 Å². The summed E-state index contributed by atoms with van der Waals surface area (Å²) in [6, 6.07) is 14.3. The van der Waals surface area contributed by atoms with Gasteiger partial charge in [0.2, 0.25) is 5.91 Å². The minimum atomic E-state index is -0.601. The lowest BCUT2D eigenvalue weighted by Crippen LogP contribution is -2.50. The van der Waals surface area contributed by atoms with E-state index in [0.717, 1.165) is 11.3 Å². The van der Waals surface area contributed by atoms with Crippen LogP contribution in [0.2, 0.25) is 0 Å². The van der Waals surface area contributed by atoms with Crippen molar-refractivity contribution in [3.8, 4) is 5.75 Å². The predicted molar refractivity (Wildman–Crippen MR) is 116 cm³/mol. The average molecular weight is 398 g/mol. The lowest BCUT2D eigenvalue weighted by molar-refractivity contribution is -0.133. The van der Waals surface area contributed by atoms with Crippen molar-refractivity contribution in [1.82, 2.24) is 10.2 Å². The molecule has 0 heterocycles. The van der Waals surface area contributed by atoms with Crippen molar-refractivity contribution in [3.05, 3.63) is 59.7 Å². The molecular weight excluding hydrogens is 366 g/mol. The molecule has 2 aromatic carbocycles. The molecule has 2 rings (SSSR count). The van der Waals surface area contributed by atoms with Gasteiger partial charge in [-0.3, -0.25) is 9.59 Å². The van der Waals surface area contributed by atoms with Gasteiger partial charge in [0.05, 0.1) is 7.11 Å². The summed E-state index contributed by atoms with van der Waals surface area (Å²) >= 11 is 0. The molecule has 0 saturated carbocycles. The van der Waals surface area contributed by atoms with Crippen LogP contribution < -0.4 is 15.0 Å². The Morgan fingerprint density at radius 3 is 2.03 bits per heavy atom. The molecule has 0 aliphatic heterocycles. The highest BCUT2D eigenvalue weighted by molar-refractivity contribution is 5.97. The van der Waals surface area contributed by atoms with E-state index < -0.39 is 6.04 Å². The van der Waals surface area contributed by atoms with Crippen LogP contribution in [-0.4, -0.2) is 51.0 Å². The third kappa shape index (κ3) is 5.98. The summed E-state index contributed by atoms with van der Waals surface area (Å²) in [7, 11) is 7.32. The zero-order valence-corrected chi connectivity index (χ0v) is 18.1.